The molecule has 2 aromatic rings. The SMILES string of the molecule is COc1cccc(Cn2ccnc2CC(C)N)n1. The third kappa shape index (κ3) is 3.07. The number of hydrogen-bond donors (Lipinski definition) is 1. The van der Waals surface area contributed by atoms with Crippen molar-refractivity contribution in [2.24, 2.45) is 5.73 Å². The van der Waals surface area contributed by atoms with Crippen molar-refractivity contribution < 1.29 is 4.74 Å². The molecular formula is C13H18N4O. The number of hydrogen-bond acceptors (Lipinski definition) is 4. The first kappa shape index (κ1) is 12.6. The van der Waals surface area contributed by atoms with E-state index >= 15 is 0 Å². The molecule has 5 nitrogen and oxygen atoms in total. The van der Waals surface area contributed by atoms with Crippen molar-refractivity contribution in [3.05, 3.63) is 42.1 Å². The molecular weight excluding hydrogens is 228 g/mol. The minimum Gasteiger partial charge on any atom is -0.481 e. The highest BCUT2D eigenvalue weighted by Crippen LogP contribution is 2.10. The first-order valence-electron chi connectivity index (χ1n) is 5.94. The van der Waals surface area contributed by atoms with Crippen LogP contribution in [0.5, 0.6) is 5.88 Å². The zero-order valence-electron chi connectivity index (χ0n) is 10.7. The number of methoxy groups -OCH3 is 1. The predicted octanol–water partition coefficient (Wildman–Crippen LogP) is 1.22. The Morgan fingerprint density at radius 1 is 1.44 bits per heavy atom. The number of ether oxygens (including phenoxy) is 1. The van der Waals surface area contributed by atoms with Gasteiger partial charge in [0.05, 0.1) is 19.3 Å². The second-order valence-electron chi connectivity index (χ2n) is 4.32. The molecule has 2 rings (SSSR count). The highest BCUT2D eigenvalue weighted by Gasteiger charge is 2.07. The standard InChI is InChI=1S/C13H18N4O/c1-10(14)8-12-15-6-7-17(12)9-11-4-3-5-13(16-11)18-2/h3-7,10H,8-9,14H2,1-2H3. The normalized spacial score (nSPS) is 12.4. The Kier molecular flexibility index (Phi) is 3.94. The van der Waals surface area contributed by atoms with E-state index < -0.39 is 0 Å². The fourth-order valence-electron chi connectivity index (χ4n) is 1.80. The van der Waals surface area contributed by atoms with Crippen LogP contribution in [0.2, 0.25) is 0 Å². The van der Waals surface area contributed by atoms with E-state index in [9.17, 15) is 0 Å². The lowest BCUT2D eigenvalue weighted by molar-refractivity contribution is 0.395. The quantitative estimate of drug-likeness (QED) is 0.861. The molecule has 0 aliphatic carbocycles. The first-order valence-corrected chi connectivity index (χ1v) is 5.94. The molecule has 2 heterocycles. The van der Waals surface area contributed by atoms with Crippen molar-refractivity contribution in [3.63, 3.8) is 0 Å². The monoisotopic (exact) mass is 246 g/mol. The van der Waals surface area contributed by atoms with Crippen LogP contribution >= 0.6 is 0 Å². The van der Waals surface area contributed by atoms with Gasteiger partial charge in [0.25, 0.3) is 0 Å². The average Bonchev–Trinajstić information content (AvgIpc) is 2.76. The Morgan fingerprint density at radius 3 is 3.00 bits per heavy atom. The van der Waals surface area contributed by atoms with Crippen molar-refractivity contribution >= 4 is 0 Å². The summed E-state index contributed by atoms with van der Waals surface area (Å²) in [5.74, 6) is 1.61. The lowest BCUT2D eigenvalue weighted by Gasteiger charge is -2.09. The van der Waals surface area contributed by atoms with E-state index in [1.807, 2.05) is 31.3 Å². The minimum atomic E-state index is 0.101. The van der Waals surface area contributed by atoms with E-state index in [0.29, 0.717) is 12.4 Å². The van der Waals surface area contributed by atoms with E-state index in [4.69, 9.17) is 10.5 Å². The summed E-state index contributed by atoms with van der Waals surface area (Å²) in [4.78, 5) is 8.70. The summed E-state index contributed by atoms with van der Waals surface area (Å²) in [7, 11) is 1.62. The number of imidazole rings is 1. The van der Waals surface area contributed by atoms with E-state index in [1.165, 1.54) is 0 Å². The fraction of sp³-hybridized carbons (Fsp3) is 0.385. The third-order valence-electron chi connectivity index (χ3n) is 2.63. The maximum absolute atomic E-state index is 5.80. The maximum atomic E-state index is 5.80. The minimum absolute atomic E-state index is 0.101. The van der Waals surface area contributed by atoms with E-state index in [2.05, 4.69) is 14.5 Å². The molecule has 18 heavy (non-hydrogen) atoms. The lowest BCUT2D eigenvalue weighted by Crippen LogP contribution is -2.20. The third-order valence-corrected chi connectivity index (χ3v) is 2.63. The molecule has 5 heteroatoms. The van der Waals surface area contributed by atoms with Gasteiger partial charge in [-0.1, -0.05) is 6.07 Å². The van der Waals surface area contributed by atoms with Crippen LogP contribution in [-0.4, -0.2) is 27.7 Å². The molecule has 2 N–H and O–H groups in total. The van der Waals surface area contributed by atoms with Gasteiger partial charge in [-0.3, -0.25) is 0 Å². The Hall–Kier alpha value is -1.88. The van der Waals surface area contributed by atoms with Gasteiger partial charge in [0.15, 0.2) is 0 Å². The average molecular weight is 246 g/mol. The zero-order valence-corrected chi connectivity index (χ0v) is 10.7. The second kappa shape index (κ2) is 5.64. The van der Waals surface area contributed by atoms with Crippen LogP contribution in [-0.2, 0) is 13.0 Å². The predicted molar refractivity (Wildman–Crippen MR) is 69.5 cm³/mol. The van der Waals surface area contributed by atoms with Crippen LogP contribution < -0.4 is 10.5 Å². The van der Waals surface area contributed by atoms with Gasteiger partial charge in [-0.2, -0.15) is 0 Å². The van der Waals surface area contributed by atoms with Gasteiger partial charge in [0.1, 0.15) is 5.82 Å². The molecule has 0 saturated heterocycles. The number of pyridine rings is 1. The Morgan fingerprint density at radius 2 is 2.28 bits per heavy atom. The molecule has 0 saturated carbocycles. The Labute approximate surface area is 107 Å². The molecule has 2 aromatic heterocycles. The molecule has 1 atom stereocenters. The summed E-state index contributed by atoms with van der Waals surface area (Å²) < 4.78 is 7.17. The summed E-state index contributed by atoms with van der Waals surface area (Å²) in [6, 6.07) is 5.84. The van der Waals surface area contributed by atoms with Crippen LogP contribution in [0, 0.1) is 0 Å². The largest absolute Gasteiger partial charge is 0.481 e. The highest BCUT2D eigenvalue weighted by atomic mass is 16.5. The van der Waals surface area contributed by atoms with E-state index in [-0.39, 0.29) is 6.04 Å². The molecule has 0 aliphatic rings. The smallest absolute Gasteiger partial charge is 0.213 e. The van der Waals surface area contributed by atoms with Crippen LogP contribution in [0.25, 0.3) is 0 Å². The molecule has 96 valence electrons. The van der Waals surface area contributed by atoms with E-state index in [0.717, 1.165) is 17.9 Å². The van der Waals surface area contributed by atoms with Crippen LogP contribution in [0.4, 0.5) is 0 Å². The van der Waals surface area contributed by atoms with Gasteiger partial charge in [0.2, 0.25) is 5.88 Å². The highest BCUT2D eigenvalue weighted by molar-refractivity contribution is 5.16. The van der Waals surface area contributed by atoms with Gasteiger partial charge in [0, 0.05) is 30.9 Å². The molecule has 0 bridgehead atoms. The van der Waals surface area contributed by atoms with Gasteiger partial charge in [-0.25, -0.2) is 9.97 Å². The van der Waals surface area contributed by atoms with Gasteiger partial charge in [-0.15, -0.1) is 0 Å². The Balaban J connectivity index is 2.15. The Bertz CT molecular complexity index is 507. The fourth-order valence-corrected chi connectivity index (χ4v) is 1.80. The first-order chi connectivity index (χ1) is 8.69. The summed E-state index contributed by atoms with van der Waals surface area (Å²) in [6.07, 6.45) is 4.49. The van der Waals surface area contributed by atoms with Gasteiger partial charge >= 0.3 is 0 Å². The maximum Gasteiger partial charge on any atom is 0.213 e. The van der Waals surface area contributed by atoms with Crippen LogP contribution in [0.15, 0.2) is 30.6 Å². The molecule has 0 amide bonds. The second-order valence-corrected chi connectivity index (χ2v) is 4.32. The van der Waals surface area contributed by atoms with Crippen molar-refractivity contribution in [3.8, 4) is 5.88 Å². The molecule has 0 spiro atoms. The molecule has 0 fully saturated rings. The summed E-state index contributed by atoms with van der Waals surface area (Å²) in [5.41, 5.74) is 6.75. The summed E-state index contributed by atoms with van der Waals surface area (Å²) in [5, 5.41) is 0. The molecule has 0 aromatic carbocycles. The van der Waals surface area contributed by atoms with E-state index in [1.54, 1.807) is 13.3 Å². The van der Waals surface area contributed by atoms with Crippen molar-refractivity contribution in [1.29, 1.82) is 0 Å². The van der Waals surface area contributed by atoms with Crippen molar-refractivity contribution in [2.45, 2.75) is 25.9 Å². The summed E-state index contributed by atoms with van der Waals surface area (Å²) >= 11 is 0. The van der Waals surface area contributed by atoms with Crippen molar-refractivity contribution in [1.82, 2.24) is 14.5 Å². The van der Waals surface area contributed by atoms with Crippen LogP contribution in [0.3, 0.4) is 0 Å². The summed E-state index contributed by atoms with van der Waals surface area (Å²) in [6.45, 7) is 2.65. The lowest BCUT2D eigenvalue weighted by atomic mass is 10.2. The molecule has 1 unspecified atom stereocenters. The number of nitrogens with zero attached hydrogens (tertiary/aromatic N) is 3. The number of rotatable bonds is 5. The topological polar surface area (TPSA) is 66.0 Å². The molecule has 0 radical (unpaired) electrons. The van der Waals surface area contributed by atoms with Gasteiger partial charge in [-0.05, 0) is 13.0 Å². The van der Waals surface area contributed by atoms with Crippen molar-refractivity contribution in [2.75, 3.05) is 7.11 Å². The molecule has 0 aliphatic heterocycles. The number of nitrogens with two attached hydrogens (primary N) is 1. The van der Waals surface area contributed by atoms with Crippen LogP contribution in [0.1, 0.15) is 18.4 Å². The number of aromatic nitrogens is 3. The zero-order chi connectivity index (χ0) is 13.0. The van der Waals surface area contributed by atoms with Gasteiger partial charge < -0.3 is 15.0 Å².